The molecule has 3 rings (SSSR count). The van der Waals surface area contributed by atoms with Gasteiger partial charge in [0.1, 0.15) is 0 Å². The first-order chi connectivity index (χ1) is 9.57. The van der Waals surface area contributed by atoms with Crippen molar-refractivity contribution < 1.29 is 9.47 Å². The number of nitrogens with one attached hydrogen (secondary N) is 1. The van der Waals surface area contributed by atoms with Crippen LogP contribution in [0.4, 0.5) is 5.69 Å². The Morgan fingerprint density at radius 2 is 2.00 bits per heavy atom. The largest absolute Gasteiger partial charge is 0.449 e. The molecule has 0 amide bonds. The predicted molar refractivity (Wildman–Crippen MR) is 82.8 cm³/mol. The van der Waals surface area contributed by atoms with Gasteiger partial charge in [-0.2, -0.15) is 0 Å². The minimum atomic E-state index is -0.571. The Hall–Kier alpha value is -1.68. The topological polar surface area (TPSA) is 30.5 Å². The molecular weight excluding hydrogens is 270 g/mol. The molecule has 1 aliphatic rings. The minimum Gasteiger partial charge on any atom is -0.449 e. The number of benzene rings is 1. The maximum atomic E-state index is 5.78. The van der Waals surface area contributed by atoms with E-state index in [0.717, 1.165) is 23.6 Å². The molecule has 0 aliphatic carbocycles. The van der Waals surface area contributed by atoms with E-state index in [1.54, 1.807) is 11.3 Å². The summed E-state index contributed by atoms with van der Waals surface area (Å²) >= 11 is 1.78. The van der Waals surface area contributed by atoms with Crippen LogP contribution in [0.3, 0.4) is 0 Å². The summed E-state index contributed by atoms with van der Waals surface area (Å²) in [5.41, 5.74) is 1.06. The fourth-order valence-corrected chi connectivity index (χ4v) is 3.24. The Kier molecular flexibility index (Phi) is 3.34. The molecule has 1 N–H and O–H groups in total. The van der Waals surface area contributed by atoms with Crippen LogP contribution in [-0.4, -0.2) is 5.79 Å². The zero-order valence-electron chi connectivity index (χ0n) is 12.0. The molecule has 0 bridgehead atoms. The minimum absolute atomic E-state index is 0.336. The number of rotatable bonds is 4. The van der Waals surface area contributed by atoms with E-state index in [9.17, 15) is 0 Å². The smallest absolute Gasteiger partial charge is 0.246 e. The van der Waals surface area contributed by atoms with Crippen LogP contribution in [0.15, 0.2) is 35.7 Å². The number of hydrogen-bond donors (Lipinski definition) is 1. The van der Waals surface area contributed by atoms with Crippen LogP contribution in [-0.2, 0) is 0 Å². The van der Waals surface area contributed by atoms with Gasteiger partial charge in [0.25, 0.3) is 0 Å². The maximum Gasteiger partial charge on any atom is 0.246 e. The zero-order valence-corrected chi connectivity index (χ0v) is 12.8. The fourth-order valence-electron chi connectivity index (χ4n) is 2.38. The predicted octanol–water partition coefficient (Wildman–Crippen LogP) is 4.82. The van der Waals surface area contributed by atoms with Crippen molar-refractivity contribution in [1.29, 1.82) is 0 Å². The zero-order chi connectivity index (χ0) is 14.2. The van der Waals surface area contributed by atoms with Gasteiger partial charge in [-0.3, -0.25) is 0 Å². The van der Waals surface area contributed by atoms with E-state index in [-0.39, 0.29) is 0 Å². The molecule has 3 nitrogen and oxygen atoms in total. The van der Waals surface area contributed by atoms with E-state index in [2.05, 4.69) is 29.8 Å². The van der Waals surface area contributed by atoms with Gasteiger partial charge in [0.15, 0.2) is 11.5 Å². The number of thiophene rings is 1. The summed E-state index contributed by atoms with van der Waals surface area (Å²) in [4.78, 5) is 1.35. The summed E-state index contributed by atoms with van der Waals surface area (Å²) in [6.45, 7) is 6.02. The van der Waals surface area contributed by atoms with E-state index >= 15 is 0 Å². The van der Waals surface area contributed by atoms with Crippen molar-refractivity contribution in [3.8, 4) is 11.5 Å². The van der Waals surface area contributed by atoms with Crippen molar-refractivity contribution in [3.63, 3.8) is 0 Å². The lowest BCUT2D eigenvalue weighted by Crippen LogP contribution is -2.29. The number of anilines is 1. The van der Waals surface area contributed by atoms with Gasteiger partial charge in [-0.15, -0.1) is 11.3 Å². The Morgan fingerprint density at radius 3 is 2.70 bits per heavy atom. The van der Waals surface area contributed by atoms with Crippen LogP contribution in [0.2, 0.25) is 0 Å². The average molecular weight is 289 g/mol. The number of hydrogen-bond acceptors (Lipinski definition) is 4. The third-order valence-corrected chi connectivity index (χ3v) is 4.28. The average Bonchev–Trinajstić information content (AvgIpc) is 3.00. The van der Waals surface area contributed by atoms with E-state index in [1.807, 2.05) is 32.0 Å². The van der Waals surface area contributed by atoms with Gasteiger partial charge in [0.2, 0.25) is 5.79 Å². The fraction of sp³-hybridized carbons (Fsp3) is 0.375. The summed E-state index contributed by atoms with van der Waals surface area (Å²) in [7, 11) is 0. The normalized spacial score (nSPS) is 16.9. The number of fused-ring (bicyclic) bond motifs is 1. The van der Waals surface area contributed by atoms with Crippen molar-refractivity contribution >= 4 is 17.0 Å². The molecule has 1 aromatic heterocycles. The Labute approximate surface area is 123 Å². The highest BCUT2D eigenvalue weighted by Crippen LogP contribution is 2.41. The number of ether oxygens (including phenoxy) is 2. The summed E-state index contributed by atoms with van der Waals surface area (Å²) < 4.78 is 11.5. The SMILES string of the molecule is CCC(Nc1ccc2c(c1)OC(C)(C)O2)c1cccs1. The Bertz CT molecular complexity index is 593. The van der Waals surface area contributed by atoms with Crippen molar-refractivity contribution in [2.24, 2.45) is 0 Å². The van der Waals surface area contributed by atoms with Crippen LogP contribution >= 0.6 is 11.3 Å². The summed E-state index contributed by atoms with van der Waals surface area (Å²) in [6.07, 6.45) is 1.04. The van der Waals surface area contributed by atoms with Crippen LogP contribution in [0.5, 0.6) is 11.5 Å². The first-order valence-corrected chi connectivity index (χ1v) is 7.77. The summed E-state index contributed by atoms with van der Waals surface area (Å²) in [6, 6.07) is 10.6. The summed E-state index contributed by atoms with van der Waals surface area (Å²) in [5.74, 6) is 1.05. The van der Waals surface area contributed by atoms with Crippen LogP contribution < -0.4 is 14.8 Å². The highest BCUT2D eigenvalue weighted by Gasteiger charge is 2.31. The molecule has 2 heterocycles. The quantitative estimate of drug-likeness (QED) is 0.875. The first-order valence-electron chi connectivity index (χ1n) is 6.89. The molecule has 0 spiro atoms. The molecule has 106 valence electrons. The Balaban J connectivity index is 1.79. The van der Waals surface area contributed by atoms with Crippen molar-refractivity contribution in [2.75, 3.05) is 5.32 Å². The van der Waals surface area contributed by atoms with Crippen LogP contribution in [0, 0.1) is 0 Å². The van der Waals surface area contributed by atoms with Gasteiger partial charge in [-0.05, 0) is 30.0 Å². The van der Waals surface area contributed by atoms with Gasteiger partial charge in [0.05, 0.1) is 6.04 Å². The molecule has 2 aromatic rings. The molecule has 0 fully saturated rings. The molecule has 0 radical (unpaired) electrons. The van der Waals surface area contributed by atoms with Crippen molar-refractivity contribution in [1.82, 2.24) is 0 Å². The lowest BCUT2D eigenvalue weighted by atomic mass is 10.1. The van der Waals surface area contributed by atoms with E-state index in [0.29, 0.717) is 6.04 Å². The Morgan fingerprint density at radius 1 is 1.20 bits per heavy atom. The van der Waals surface area contributed by atoms with Crippen molar-refractivity contribution in [3.05, 3.63) is 40.6 Å². The standard InChI is InChI=1S/C16H19NO2S/c1-4-12(15-6-5-9-20-15)17-11-7-8-13-14(10-11)19-16(2,3)18-13/h5-10,12,17H,4H2,1-3H3. The van der Waals surface area contributed by atoms with Crippen LogP contribution in [0.1, 0.15) is 38.1 Å². The van der Waals surface area contributed by atoms with E-state index < -0.39 is 5.79 Å². The van der Waals surface area contributed by atoms with Gasteiger partial charge in [0, 0.05) is 30.5 Å². The molecule has 20 heavy (non-hydrogen) atoms. The highest BCUT2D eigenvalue weighted by molar-refractivity contribution is 7.10. The van der Waals surface area contributed by atoms with Crippen molar-refractivity contribution in [2.45, 2.75) is 39.0 Å². The summed E-state index contributed by atoms with van der Waals surface area (Å²) in [5, 5.41) is 5.68. The third-order valence-electron chi connectivity index (χ3n) is 3.29. The monoisotopic (exact) mass is 289 g/mol. The second kappa shape index (κ2) is 5.02. The molecule has 4 heteroatoms. The lowest BCUT2D eigenvalue weighted by Gasteiger charge is -2.17. The van der Waals surface area contributed by atoms with E-state index in [4.69, 9.17) is 9.47 Å². The second-order valence-corrected chi connectivity index (χ2v) is 6.37. The second-order valence-electron chi connectivity index (χ2n) is 5.39. The first kappa shape index (κ1) is 13.3. The molecule has 1 aromatic carbocycles. The maximum absolute atomic E-state index is 5.78. The van der Waals surface area contributed by atoms with Crippen LogP contribution in [0.25, 0.3) is 0 Å². The lowest BCUT2D eigenvalue weighted by molar-refractivity contribution is -0.0431. The molecule has 1 aliphatic heterocycles. The van der Waals surface area contributed by atoms with E-state index in [1.165, 1.54) is 4.88 Å². The molecule has 1 atom stereocenters. The molecule has 1 unspecified atom stereocenters. The highest BCUT2D eigenvalue weighted by atomic mass is 32.1. The van der Waals surface area contributed by atoms with Gasteiger partial charge in [-0.1, -0.05) is 13.0 Å². The van der Waals surface area contributed by atoms with Gasteiger partial charge in [-0.25, -0.2) is 0 Å². The molecule has 0 saturated heterocycles. The molecule has 0 saturated carbocycles. The van der Waals surface area contributed by atoms with Gasteiger partial charge >= 0.3 is 0 Å². The molecular formula is C16H19NO2S. The van der Waals surface area contributed by atoms with Gasteiger partial charge < -0.3 is 14.8 Å². The third kappa shape index (κ3) is 2.61.